The number of imide groups is 1. The number of aryl methyl sites for hydroxylation is 2. The topological polar surface area (TPSA) is 88.1 Å². The highest BCUT2D eigenvalue weighted by Crippen LogP contribution is 2.31. The van der Waals surface area contributed by atoms with Crippen molar-refractivity contribution in [2.75, 3.05) is 20.3 Å². The number of carbonyl (C=O) groups is 2. The number of hydrogen-bond acceptors (Lipinski definition) is 5. The molecular formula is C23H28N2O5. The highest BCUT2D eigenvalue weighted by atomic mass is 16.5. The fraction of sp³-hybridized carbons (Fsp3) is 0.391. The first-order valence-electron chi connectivity index (χ1n) is 9.83. The summed E-state index contributed by atoms with van der Waals surface area (Å²) < 4.78 is 11.0. The summed E-state index contributed by atoms with van der Waals surface area (Å²) >= 11 is 0. The Hall–Kier alpha value is -3.06. The molecule has 2 aromatic carbocycles. The van der Waals surface area contributed by atoms with E-state index in [0.717, 1.165) is 21.6 Å². The van der Waals surface area contributed by atoms with E-state index in [0.29, 0.717) is 17.1 Å². The van der Waals surface area contributed by atoms with Gasteiger partial charge in [-0.25, -0.2) is 4.79 Å². The van der Waals surface area contributed by atoms with Crippen molar-refractivity contribution in [3.8, 4) is 11.5 Å². The van der Waals surface area contributed by atoms with Gasteiger partial charge < -0.3 is 19.9 Å². The standard InChI is InChI=1S/C23H28N2O5/c1-14-9-10-15(2)20(16(14)3)30-13-18(26)12-25-21(27)23(4,24-22(25)28)17-7-6-8-19(11-17)29-5/h6-11,18,26H,12-13H2,1-5H3,(H,24,28)/t18-,23-/m1/s1. The first-order chi connectivity index (χ1) is 14.2. The molecule has 0 unspecified atom stereocenters. The number of β-amino-alcohol motifs (C(OH)–C–C–N with tert-alkyl or cyclic N) is 1. The van der Waals surface area contributed by atoms with Gasteiger partial charge in [0.1, 0.15) is 29.7 Å². The third-order valence-corrected chi connectivity index (χ3v) is 5.61. The van der Waals surface area contributed by atoms with Crippen molar-refractivity contribution in [1.82, 2.24) is 10.2 Å². The van der Waals surface area contributed by atoms with Crippen LogP contribution in [0.2, 0.25) is 0 Å². The van der Waals surface area contributed by atoms with Crippen LogP contribution in [0.1, 0.15) is 29.2 Å². The Bertz CT molecular complexity index is 974. The number of amides is 3. The van der Waals surface area contributed by atoms with E-state index < -0.39 is 23.6 Å². The zero-order valence-corrected chi connectivity index (χ0v) is 18.0. The molecule has 0 bridgehead atoms. The van der Waals surface area contributed by atoms with Gasteiger partial charge in [-0.15, -0.1) is 0 Å². The van der Waals surface area contributed by atoms with E-state index in [4.69, 9.17) is 9.47 Å². The highest BCUT2D eigenvalue weighted by molar-refractivity contribution is 6.07. The molecule has 0 spiro atoms. The van der Waals surface area contributed by atoms with Crippen LogP contribution in [0.4, 0.5) is 4.79 Å². The van der Waals surface area contributed by atoms with Crippen molar-refractivity contribution in [1.29, 1.82) is 0 Å². The van der Waals surface area contributed by atoms with E-state index in [2.05, 4.69) is 5.32 Å². The zero-order chi connectivity index (χ0) is 22.1. The Morgan fingerprint density at radius 3 is 2.53 bits per heavy atom. The third-order valence-electron chi connectivity index (χ3n) is 5.61. The van der Waals surface area contributed by atoms with Crippen molar-refractivity contribution in [2.24, 2.45) is 0 Å². The summed E-state index contributed by atoms with van der Waals surface area (Å²) in [5.41, 5.74) is 2.44. The van der Waals surface area contributed by atoms with Crippen molar-refractivity contribution in [3.63, 3.8) is 0 Å². The Morgan fingerprint density at radius 2 is 1.83 bits per heavy atom. The van der Waals surface area contributed by atoms with Crippen molar-refractivity contribution in [2.45, 2.75) is 39.3 Å². The van der Waals surface area contributed by atoms with E-state index in [-0.39, 0.29) is 13.2 Å². The molecule has 3 rings (SSSR count). The Morgan fingerprint density at radius 1 is 1.13 bits per heavy atom. The number of nitrogens with zero attached hydrogens (tertiary/aromatic N) is 1. The largest absolute Gasteiger partial charge is 0.497 e. The Labute approximate surface area is 176 Å². The lowest BCUT2D eigenvalue weighted by Gasteiger charge is -2.23. The number of methoxy groups -OCH3 is 1. The van der Waals surface area contributed by atoms with Crippen LogP contribution in [0.25, 0.3) is 0 Å². The summed E-state index contributed by atoms with van der Waals surface area (Å²) in [5.74, 6) is 0.877. The molecule has 1 heterocycles. The molecule has 1 aliphatic heterocycles. The van der Waals surface area contributed by atoms with Crippen LogP contribution in [0, 0.1) is 20.8 Å². The summed E-state index contributed by atoms with van der Waals surface area (Å²) in [7, 11) is 1.54. The van der Waals surface area contributed by atoms with Gasteiger partial charge in [-0.05, 0) is 62.1 Å². The van der Waals surface area contributed by atoms with E-state index in [9.17, 15) is 14.7 Å². The van der Waals surface area contributed by atoms with Crippen LogP contribution in [-0.4, -0.2) is 48.3 Å². The monoisotopic (exact) mass is 412 g/mol. The number of aliphatic hydroxyl groups is 1. The second kappa shape index (κ2) is 8.36. The first-order valence-corrected chi connectivity index (χ1v) is 9.83. The average molecular weight is 412 g/mol. The van der Waals surface area contributed by atoms with Gasteiger partial charge in [0.25, 0.3) is 5.91 Å². The zero-order valence-electron chi connectivity index (χ0n) is 18.0. The molecule has 160 valence electrons. The van der Waals surface area contributed by atoms with Crippen LogP contribution in [0.3, 0.4) is 0 Å². The third kappa shape index (κ3) is 3.98. The van der Waals surface area contributed by atoms with Gasteiger partial charge in [0.05, 0.1) is 13.7 Å². The summed E-state index contributed by atoms with van der Waals surface area (Å²) in [6.45, 7) is 7.34. The van der Waals surface area contributed by atoms with Crippen molar-refractivity contribution < 1.29 is 24.2 Å². The molecule has 7 nitrogen and oxygen atoms in total. The molecule has 1 saturated heterocycles. The number of rotatable bonds is 7. The van der Waals surface area contributed by atoms with Crippen LogP contribution in [-0.2, 0) is 10.3 Å². The molecule has 2 aromatic rings. The quantitative estimate of drug-likeness (QED) is 0.683. The smallest absolute Gasteiger partial charge is 0.325 e. The van der Waals surface area contributed by atoms with E-state index >= 15 is 0 Å². The minimum atomic E-state index is -1.23. The van der Waals surface area contributed by atoms with Gasteiger partial charge in [-0.1, -0.05) is 24.3 Å². The minimum absolute atomic E-state index is 0.0297. The molecule has 0 radical (unpaired) electrons. The lowest BCUT2D eigenvalue weighted by Crippen LogP contribution is -2.42. The maximum absolute atomic E-state index is 13.1. The molecule has 1 fully saturated rings. The van der Waals surface area contributed by atoms with Gasteiger partial charge in [-0.2, -0.15) is 0 Å². The summed E-state index contributed by atoms with van der Waals surface area (Å²) in [6, 6.07) is 10.4. The molecule has 0 aromatic heterocycles. The maximum atomic E-state index is 13.1. The fourth-order valence-electron chi connectivity index (χ4n) is 3.58. The Kier molecular flexibility index (Phi) is 6.03. The molecule has 1 aliphatic rings. The predicted molar refractivity (Wildman–Crippen MR) is 113 cm³/mol. The number of aliphatic hydroxyl groups excluding tert-OH is 1. The van der Waals surface area contributed by atoms with E-state index in [1.54, 1.807) is 31.2 Å². The highest BCUT2D eigenvalue weighted by Gasteiger charge is 2.49. The predicted octanol–water partition coefficient (Wildman–Crippen LogP) is 2.83. The number of benzene rings is 2. The van der Waals surface area contributed by atoms with Gasteiger partial charge in [-0.3, -0.25) is 9.69 Å². The summed E-state index contributed by atoms with van der Waals surface area (Å²) in [4.78, 5) is 26.6. The fourth-order valence-corrected chi connectivity index (χ4v) is 3.58. The van der Waals surface area contributed by atoms with E-state index in [1.807, 2.05) is 32.9 Å². The second-order valence-electron chi connectivity index (χ2n) is 7.82. The van der Waals surface area contributed by atoms with Gasteiger partial charge >= 0.3 is 6.03 Å². The molecular weight excluding hydrogens is 384 g/mol. The minimum Gasteiger partial charge on any atom is -0.497 e. The molecule has 2 atom stereocenters. The molecule has 7 heteroatoms. The SMILES string of the molecule is COc1cccc([C@@]2(C)NC(=O)N(C[C@@H](O)COc3c(C)ccc(C)c3C)C2=O)c1. The van der Waals surface area contributed by atoms with Gasteiger partial charge in [0.15, 0.2) is 0 Å². The van der Waals surface area contributed by atoms with Crippen LogP contribution in [0.15, 0.2) is 36.4 Å². The molecule has 2 N–H and O–H groups in total. The number of ether oxygens (including phenoxy) is 2. The lowest BCUT2D eigenvalue weighted by molar-refractivity contribution is -0.132. The average Bonchev–Trinajstić information content (AvgIpc) is 2.95. The summed E-state index contributed by atoms with van der Waals surface area (Å²) in [6.07, 6.45) is -1.02. The number of carbonyl (C=O) groups excluding carboxylic acids is 2. The van der Waals surface area contributed by atoms with Crippen molar-refractivity contribution in [3.05, 3.63) is 58.7 Å². The maximum Gasteiger partial charge on any atom is 0.325 e. The van der Waals surface area contributed by atoms with Gasteiger partial charge in [0, 0.05) is 0 Å². The van der Waals surface area contributed by atoms with Crippen LogP contribution >= 0.6 is 0 Å². The van der Waals surface area contributed by atoms with Gasteiger partial charge in [0.2, 0.25) is 0 Å². The normalized spacial score (nSPS) is 19.6. The first kappa shape index (κ1) is 21.6. The molecule has 30 heavy (non-hydrogen) atoms. The second-order valence-corrected chi connectivity index (χ2v) is 7.82. The Balaban J connectivity index is 1.70. The molecule has 0 saturated carbocycles. The van der Waals surface area contributed by atoms with Crippen LogP contribution in [0.5, 0.6) is 11.5 Å². The number of hydrogen-bond donors (Lipinski definition) is 2. The number of nitrogens with one attached hydrogen (secondary N) is 1. The van der Waals surface area contributed by atoms with Crippen molar-refractivity contribution >= 4 is 11.9 Å². The van der Waals surface area contributed by atoms with Crippen LogP contribution < -0.4 is 14.8 Å². The van der Waals surface area contributed by atoms with E-state index in [1.165, 1.54) is 7.11 Å². The number of urea groups is 1. The molecule has 3 amide bonds. The molecule has 0 aliphatic carbocycles. The summed E-state index contributed by atoms with van der Waals surface area (Å²) in [5, 5.41) is 13.2. The lowest BCUT2D eigenvalue weighted by atomic mass is 9.92.